The van der Waals surface area contributed by atoms with Gasteiger partial charge >= 0.3 is 0 Å². The molecule has 2 amide bonds. The van der Waals surface area contributed by atoms with Gasteiger partial charge in [0.2, 0.25) is 11.8 Å². The topological polar surface area (TPSA) is 99.1 Å². The molecule has 3 N–H and O–H groups in total. The molecule has 0 spiro atoms. The monoisotopic (exact) mass is 622 g/mol. The smallest absolute Gasteiger partial charge is 0.247 e. The molecule has 3 rings (SSSR count). The standard InChI is InChI=1S/C28H32FIN2O5/c1-2-3-11-26(34)32(14-12-19-7-6-8-21(29)16-19)23-17-20(28(36)31-13-15-33)18-25(27(23)35)37-24-10-5-4-9-22(24)30/h2,4-10,16,18,23,25,27,33,35H,1,3,11-15,17H2,(H,31,36)/t23-,25+,27+/m1/s1. The molecule has 7 nitrogen and oxygen atoms in total. The number of nitrogens with zero attached hydrogens (tertiary/aromatic N) is 1. The van der Waals surface area contributed by atoms with Crippen molar-refractivity contribution in [3.63, 3.8) is 0 Å². The molecule has 2 aromatic carbocycles. The Morgan fingerprint density at radius 1 is 1.24 bits per heavy atom. The summed E-state index contributed by atoms with van der Waals surface area (Å²) in [4.78, 5) is 27.7. The molecule has 37 heavy (non-hydrogen) atoms. The van der Waals surface area contributed by atoms with E-state index in [1.54, 1.807) is 35.3 Å². The van der Waals surface area contributed by atoms with Gasteiger partial charge in [-0.2, -0.15) is 0 Å². The van der Waals surface area contributed by atoms with E-state index in [2.05, 4.69) is 34.5 Å². The molecule has 0 saturated heterocycles. The first-order valence-corrected chi connectivity index (χ1v) is 13.3. The van der Waals surface area contributed by atoms with Crippen molar-refractivity contribution < 1.29 is 28.9 Å². The van der Waals surface area contributed by atoms with E-state index in [0.29, 0.717) is 24.2 Å². The number of ether oxygens (including phenoxy) is 1. The van der Waals surface area contributed by atoms with Gasteiger partial charge in [0, 0.05) is 31.5 Å². The van der Waals surface area contributed by atoms with Gasteiger partial charge in [-0.3, -0.25) is 9.59 Å². The minimum absolute atomic E-state index is 0.0764. The quantitative estimate of drug-likeness (QED) is 0.249. The van der Waals surface area contributed by atoms with Gasteiger partial charge in [-0.15, -0.1) is 6.58 Å². The highest BCUT2D eigenvalue weighted by Crippen LogP contribution is 2.30. The van der Waals surface area contributed by atoms with Crippen molar-refractivity contribution in [2.75, 3.05) is 19.7 Å². The second-order valence-electron chi connectivity index (χ2n) is 8.74. The van der Waals surface area contributed by atoms with Gasteiger partial charge in [-0.1, -0.05) is 30.3 Å². The van der Waals surface area contributed by atoms with Crippen LogP contribution in [0.4, 0.5) is 4.39 Å². The van der Waals surface area contributed by atoms with Gasteiger partial charge < -0.3 is 25.2 Å². The van der Waals surface area contributed by atoms with Crippen molar-refractivity contribution in [2.45, 2.75) is 43.9 Å². The van der Waals surface area contributed by atoms with Crippen LogP contribution in [0.25, 0.3) is 0 Å². The van der Waals surface area contributed by atoms with Crippen LogP contribution in [0.15, 0.2) is 72.8 Å². The van der Waals surface area contributed by atoms with Crippen molar-refractivity contribution in [2.24, 2.45) is 0 Å². The van der Waals surface area contributed by atoms with Gasteiger partial charge in [-0.25, -0.2) is 4.39 Å². The average molecular weight is 622 g/mol. The van der Waals surface area contributed by atoms with E-state index in [-0.39, 0.29) is 44.3 Å². The first-order valence-electron chi connectivity index (χ1n) is 12.2. The van der Waals surface area contributed by atoms with Gasteiger partial charge in [0.15, 0.2) is 0 Å². The van der Waals surface area contributed by atoms with Crippen LogP contribution in [-0.2, 0) is 16.0 Å². The minimum Gasteiger partial charge on any atom is -0.482 e. The summed E-state index contributed by atoms with van der Waals surface area (Å²) in [5.41, 5.74) is 1.07. The fourth-order valence-corrected chi connectivity index (χ4v) is 4.77. The Hall–Kier alpha value is -2.76. The van der Waals surface area contributed by atoms with E-state index in [0.717, 1.165) is 9.13 Å². The molecule has 0 bridgehead atoms. The van der Waals surface area contributed by atoms with E-state index in [9.17, 15) is 19.1 Å². The number of para-hydroxylation sites is 1. The summed E-state index contributed by atoms with van der Waals surface area (Å²) < 4.78 is 20.7. The molecule has 0 aromatic heterocycles. The Morgan fingerprint density at radius 2 is 2.03 bits per heavy atom. The molecule has 0 aliphatic heterocycles. The highest BCUT2D eigenvalue weighted by Gasteiger charge is 2.40. The van der Waals surface area contributed by atoms with Crippen molar-refractivity contribution in [1.29, 1.82) is 0 Å². The van der Waals surface area contributed by atoms with E-state index < -0.39 is 24.2 Å². The molecular weight excluding hydrogens is 590 g/mol. The molecule has 1 aliphatic rings. The van der Waals surface area contributed by atoms with E-state index in [1.807, 2.05) is 18.2 Å². The Labute approximate surface area is 230 Å². The molecule has 0 fully saturated rings. The Kier molecular flexibility index (Phi) is 11.1. The first-order chi connectivity index (χ1) is 17.8. The lowest BCUT2D eigenvalue weighted by molar-refractivity contribution is -0.138. The maximum absolute atomic E-state index is 13.7. The number of nitrogens with one attached hydrogen (secondary N) is 1. The Morgan fingerprint density at radius 3 is 2.73 bits per heavy atom. The fourth-order valence-electron chi connectivity index (χ4n) is 4.25. The Balaban J connectivity index is 1.92. The highest BCUT2D eigenvalue weighted by molar-refractivity contribution is 14.1. The van der Waals surface area contributed by atoms with Gasteiger partial charge in [0.25, 0.3) is 0 Å². The van der Waals surface area contributed by atoms with Gasteiger partial charge in [0.05, 0.1) is 16.2 Å². The van der Waals surface area contributed by atoms with Gasteiger partial charge in [-0.05, 0) is 71.3 Å². The molecule has 1 aliphatic carbocycles. The van der Waals surface area contributed by atoms with Crippen LogP contribution in [0.3, 0.4) is 0 Å². The van der Waals surface area contributed by atoms with E-state index in [1.165, 1.54) is 12.1 Å². The molecule has 9 heteroatoms. The fraction of sp³-hybridized carbons (Fsp3) is 0.357. The summed E-state index contributed by atoms with van der Waals surface area (Å²) in [5.74, 6) is -0.420. The van der Waals surface area contributed by atoms with Crippen LogP contribution in [0.5, 0.6) is 5.75 Å². The van der Waals surface area contributed by atoms with Crippen molar-refractivity contribution in [3.8, 4) is 5.75 Å². The normalized spacial score (nSPS) is 19.0. The molecule has 0 heterocycles. The van der Waals surface area contributed by atoms with Crippen LogP contribution >= 0.6 is 22.6 Å². The van der Waals surface area contributed by atoms with Gasteiger partial charge in [0.1, 0.15) is 23.8 Å². The number of hydrogen-bond donors (Lipinski definition) is 3. The number of carbonyl (C=O) groups is 2. The number of benzene rings is 2. The number of rotatable bonds is 12. The number of halogens is 2. The van der Waals surface area contributed by atoms with Crippen LogP contribution in [0, 0.1) is 9.39 Å². The van der Waals surface area contributed by atoms with Crippen molar-refractivity contribution in [3.05, 3.63) is 87.8 Å². The molecular formula is C28H32FIN2O5. The van der Waals surface area contributed by atoms with E-state index in [4.69, 9.17) is 9.84 Å². The zero-order valence-corrected chi connectivity index (χ0v) is 22.6. The molecule has 0 unspecified atom stereocenters. The molecule has 0 saturated carbocycles. The summed E-state index contributed by atoms with van der Waals surface area (Å²) in [6.45, 7) is 3.77. The van der Waals surface area contributed by atoms with Crippen molar-refractivity contribution in [1.82, 2.24) is 10.2 Å². The number of aliphatic hydroxyl groups is 2. The van der Waals surface area contributed by atoms with Crippen molar-refractivity contribution >= 4 is 34.4 Å². The third kappa shape index (κ3) is 8.11. The summed E-state index contributed by atoms with van der Waals surface area (Å²) in [5, 5.41) is 23.2. The van der Waals surface area contributed by atoms with E-state index >= 15 is 0 Å². The predicted molar refractivity (Wildman–Crippen MR) is 147 cm³/mol. The maximum Gasteiger partial charge on any atom is 0.247 e. The summed E-state index contributed by atoms with van der Waals surface area (Å²) in [6.07, 6.45) is 2.34. The highest BCUT2D eigenvalue weighted by atomic mass is 127. The number of amides is 2. The largest absolute Gasteiger partial charge is 0.482 e. The summed E-state index contributed by atoms with van der Waals surface area (Å²) in [6, 6.07) is 12.7. The van der Waals surface area contributed by atoms with Crippen LogP contribution in [-0.4, -0.2) is 64.9 Å². The van der Waals surface area contributed by atoms with Crippen LogP contribution in [0.2, 0.25) is 0 Å². The lowest BCUT2D eigenvalue weighted by atomic mass is 9.87. The molecule has 2 aromatic rings. The molecule has 0 radical (unpaired) electrons. The number of allylic oxidation sites excluding steroid dienone is 1. The zero-order valence-electron chi connectivity index (χ0n) is 20.5. The summed E-state index contributed by atoms with van der Waals surface area (Å²) in [7, 11) is 0. The number of aliphatic hydroxyl groups excluding tert-OH is 2. The van der Waals surface area contributed by atoms with Crippen LogP contribution in [0.1, 0.15) is 24.8 Å². The summed E-state index contributed by atoms with van der Waals surface area (Å²) >= 11 is 2.13. The molecule has 3 atom stereocenters. The second kappa shape index (κ2) is 14.3. The third-order valence-corrected chi connectivity index (χ3v) is 7.02. The number of carbonyl (C=O) groups excluding carboxylic acids is 2. The average Bonchev–Trinajstić information content (AvgIpc) is 2.89. The lowest BCUT2D eigenvalue weighted by Gasteiger charge is -2.40. The zero-order chi connectivity index (χ0) is 26.8. The lowest BCUT2D eigenvalue weighted by Crippen LogP contribution is -2.55. The number of hydrogen-bond acceptors (Lipinski definition) is 5. The second-order valence-corrected chi connectivity index (χ2v) is 9.90. The third-order valence-electron chi connectivity index (χ3n) is 6.13. The van der Waals surface area contributed by atoms with Crippen LogP contribution < -0.4 is 10.1 Å². The SMILES string of the molecule is C=CCCC(=O)N(CCc1cccc(F)c1)[C@@H]1CC(C(=O)NCCO)=C[C@H](Oc2ccccc2I)[C@H]1O. The minimum atomic E-state index is -1.12. The first kappa shape index (κ1) is 28.8. The predicted octanol–water partition coefficient (Wildman–Crippen LogP) is 3.38. The molecule has 198 valence electrons. The Bertz CT molecular complexity index is 1130. The maximum atomic E-state index is 13.7.